The van der Waals surface area contributed by atoms with E-state index < -0.39 is 27.2 Å². The maximum atomic E-state index is 15.4. The number of aromatic nitrogens is 3. The summed E-state index contributed by atoms with van der Waals surface area (Å²) < 4.78 is 57.1. The van der Waals surface area contributed by atoms with Crippen molar-refractivity contribution in [1.82, 2.24) is 19.4 Å². The maximum absolute atomic E-state index is 15.4. The molecule has 4 aliphatic heterocycles. The Labute approximate surface area is 269 Å². The number of hydrogen-bond donors (Lipinski definition) is 1. The van der Waals surface area contributed by atoms with E-state index in [4.69, 9.17) is 0 Å². The lowest BCUT2D eigenvalue weighted by Gasteiger charge is -2.40. The van der Waals surface area contributed by atoms with Crippen molar-refractivity contribution < 1.29 is 17.2 Å². The number of nitrogens with zero attached hydrogens (tertiary/aromatic N) is 5. The zero-order valence-corrected chi connectivity index (χ0v) is 27.4. The van der Waals surface area contributed by atoms with E-state index in [9.17, 15) is 18.5 Å². The van der Waals surface area contributed by atoms with Gasteiger partial charge in [-0.05, 0) is 76.1 Å². The Balaban J connectivity index is 1.45. The first kappa shape index (κ1) is 32.5. The zero-order valence-electron chi connectivity index (χ0n) is 26.6. The standard InChI is InChI=1S/C34H42F2N6O3S/c1-23-26-8-7-9-27(18-26)34(35,36)11-10-25-20-41(21-25)14-5-3-4-6-15-42-31-28(30(38-23)39-24(2)40-31)19-29(32(42)43)33(22-37)12-16-46(44,45)17-13-33/h7-9,18-19,23,25H,3-6,10-17,20-21H2,1-2H3,(H,38,39,40)/t23-/m0/s1. The summed E-state index contributed by atoms with van der Waals surface area (Å²) in [5.74, 6) is -2.12. The van der Waals surface area contributed by atoms with Gasteiger partial charge in [0.05, 0.1) is 28.4 Å². The van der Waals surface area contributed by atoms with E-state index in [1.54, 1.807) is 35.8 Å². The van der Waals surface area contributed by atoms with Gasteiger partial charge in [0.2, 0.25) is 0 Å². The second-order valence-electron chi connectivity index (χ2n) is 13.5. The average molecular weight is 653 g/mol. The summed E-state index contributed by atoms with van der Waals surface area (Å²) in [6, 6.07) is 10.1. The van der Waals surface area contributed by atoms with Crippen LogP contribution in [0.5, 0.6) is 0 Å². The van der Waals surface area contributed by atoms with E-state index >= 15 is 8.78 Å². The lowest BCUT2D eigenvalue weighted by molar-refractivity contribution is -0.0291. The molecule has 9 nitrogen and oxygen atoms in total. The highest BCUT2D eigenvalue weighted by molar-refractivity contribution is 7.91. The molecule has 1 atom stereocenters. The summed E-state index contributed by atoms with van der Waals surface area (Å²) in [5.41, 5.74) is -0.234. The molecule has 3 aromatic rings. The van der Waals surface area contributed by atoms with Gasteiger partial charge in [0.25, 0.3) is 11.5 Å². The van der Waals surface area contributed by atoms with Crippen molar-refractivity contribution in [3.05, 3.63) is 63.2 Å². The minimum atomic E-state index is -3.29. The lowest BCUT2D eigenvalue weighted by Crippen LogP contribution is -2.47. The molecule has 0 saturated carbocycles. The number of nitriles is 1. The molecule has 1 aromatic carbocycles. The Hall–Kier alpha value is -3.43. The Morgan fingerprint density at radius 2 is 1.74 bits per heavy atom. The van der Waals surface area contributed by atoms with Crippen LogP contribution >= 0.6 is 0 Å². The van der Waals surface area contributed by atoms with Gasteiger partial charge in [0, 0.05) is 43.2 Å². The third-order valence-corrected chi connectivity index (χ3v) is 11.8. The summed E-state index contributed by atoms with van der Waals surface area (Å²) in [6.45, 7) is 6.65. The molecule has 0 radical (unpaired) electrons. The predicted molar refractivity (Wildman–Crippen MR) is 174 cm³/mol. The first-order chi connectivity index (χ1) is 21.9. The van der Waals surface area contributed by atoms with Crippen LogP contribution in [-0.2, 0) is 27.7 Å². The van der Waals surface area contributed by atoms with E-state index in [0.717, 1.165) is 45.3 Å². The molecule has 246 valence electrons. The Kier molecular flexibility index (Phi) is 8.93. The summed E-state index contributed by atoms with van der Waals surface area (Å²) in [4.78, 5) is 25.9. The molecule has 2 fully saturated rings. The largest absolute Gasteiger partial charge is 0.363 e. The van der Waals surface area contributed by atoms with Gasteiger partial charge in [-0.3, -0.25) is 9.36 Å². The van der Waals surface area contributed by atoms with Gasteiger partial charge in [-0.2, -0.15) is 5.26 Å². The maximum Gasteiger partial charge on any atom is 0.273 e. The van der Waals surface area contributed by atoms with Crippen molar-refractivity contribution in [2.75, 3.05) is 36.5 Å². The van der Waals surface area contributed by atoms with Crippen LogP contribution < -0.4 is 10.9 Å². The molecule has 0 aliphatic carbocycles. The van der Waals surface area contributed by atoms with E-state index in [1.165, 1.54) is 6.07 Å². The number of alkyl halides is 2. The number of benzene rings is 1. The highest BCUT2D eigenvalue weighted by Crippen LogP contribution is 2.39. The SMILES string of the molecule is Cc1nc2c3cc(C4(C#N)CCS(=O)(=O)CC4)c(=O)n(c3n1)CCCCCCN1CC(CCC(F)(F)c3cccc(c3)[C@H](C)N2)C1. The van der Waals surface area contributed by atoms with Crippen LogP contribution in [0.2, 0.25) is 0 Å². The lowest BCUT2D eigenvalue weighted by atomic mass is 9.77. The highest BCUT2D eigenvalue weighted by atomic mass is 32.2. The van der Waals surface area contributed by atoms with Gasteiger partial charge in [-0.25, -0.2) is 27.2 Å². The average Bonchev–Trinajstić information content (AvgIpc) is 3.00. The minimum Gasteiger partial charge on any atom is -0.363 e. The minimum absolute atomic E-state index is 0.0104. The van der Waals surface area contributed by atoms with Gasteiger partial charge < -0.3 is 10.2 Å². The van der Waals surface area contributed by atoms with Crippen LogP contribution in [0.1, 0.15) is 86.8 Å². The van der Waals surface area contributed by atoms with Crippen LogP contribution in [0.3, 0.4) is 0 Å². The highest BCUT2D eigenvalue weighted by Gasteiger charge is 2.42. The predicted octanol–water partition coefficient (Wildman–Crippen LogP) is 5.62. The fraction of sp³-hybridized carbons (Fsp3) is 0.588. The fourth-order valence-corrected chi connectivity index (χ4v) is 8.72. The van der Waals surface area contributed by atoms with E-state index in [1.807, 2.05) is 6.92 Å². The van der Waals surface area contributed by atoms with Crippen molar-refractivity contribution in [2.45, 2.75) is 89.1 Å². The van der Waals surface area contributed by atoms with Crippen LogP contribution in [0.25, 0.3) is 11.0 Å². The van der Waals surface area contributed by atoms with Gasteiger partial charge in [0.1, 0.15) is 27.1 Å². The molecule has 2 aromatic heterocycles. The third-order valence-electron chi connectivity index (χ3n) is 10.1. The number of halogens is 2. The Bertz CT molecular complexity index is 1820. The molecule has 0 unspecified atom stereocenters. The monoisotopic (exact) mass is 652 g/mol. The van der Waals surface area contributed by atoms with Crippen LogP contribution in [-0.4, -0.2) is 59.0 Å². The quantitative estimate of drug-likeness (QED) is 0.360. The molecular weight excluding hydrogens is 610 g/mol. The molecule has 7 rings (SSSR count). The van der Waals surface area contributed by atoms with Gasteiger partial charge in [-0.1, -0.05) is 31.0 Å². The summed E-state index contributed by atoms with van der Waals surface area (Å²) in [6.07, 6.45) is 3.97. The normalized spacial score (nSPS) is 26.2. The van der Waals surface area contributed by atoms with Crippen molar-refractivity contribution in [3.63, 3.8) is 0 Å². The second-order valence-corrected chi connectivity index (χ2v) is 15.8. The van der Waals surface area contributed by atoms with Crippen LogP contribution in [0.15, 0.2) is 35.1 Å². The number of fused-ring (bicyclic) bond motifs is 8. The van der Waals surface area contributed by atoms with E-state index in [-0.39, 0.29) is 47.5 Å². The smallest absolute Gasteiger partial charge is 0.273 e. The van der Waals surface area contributed by atoms with Crippen LogP contribution in [0, 0.1) is 24.2 Å². The molecular formula is C34H42F2N6O3S. The number of pyridine rings is 1. The number of nitrogens with one attached hydrogen (secondary N) is 1. The van der Waals surface area contributed by atoms with Crippen molar-refractivity contribution in [2.24, 2.45) is 5.92 Å². The third kappa shape index (κ3) is 6.54. The molecule has 12 heteroatoms. The van der Waals surface area contributed by atoms with Crippen LogP contribution in [0.4, 0.5) is 14.6 Å². The molecule has 0 spiro atoms. The second kappa shape index (κ2) is 12.6. The molecule has 46 heavy (non-hydrogen) atoms. The zero-order chi connectivity index (χ0) is 32.7. The number of rotatable bonds is 1. The molecule has 0 amide bonds. The first-order valence-corrected chi connectivity index (χ1v) is 18.2. The first-order valence-electron chi connectivity index (χ1n) is 16.4. The fourth-order valence-electron chi connectivity index (χ4n) is 7.20. The Morgan fingerprint density at radius 3 is 2.46 bits per heavy atom. The molecule has 8 bridgehead atoms. The number of hydrogen-bond acceptors (Lipinski definition) is 8. The van der Waals surface area contributed by atoms with Crippen molar-refractivity contribution >= 4 is 26.7 Å². The summed E-state index contributed by atoms with van der Waals surface area (Å²) in [7, 11) is -3.29. The molecule has 2 saturated heterocycles. The van der Waals surface area contributed by atoms with Crippen molar-refractivity contribution in [1.29, 1.82) is 5.26 Å². The van der Waals surface area contributed by atoms with Crippen molar-refractivity contribution in [3.8, 4) is 6.07 Å². The molecule has 6 heterocycles. The summed E-state index contributed by atoms with van der Waals surface area (Å²) in [5, 5.41) is 14.3. The van der Waals surface area contributed by atoms with Gasteiger partial charge in [0.15, 0.2) is 0 Å². The molecule has 1 N–H and O–H groups in total. The number of sulfone groups is 1. The summed E-state index contributed by atoms with van der Waals surface area (Å²) >= 11 is 0. The Morgan fingerprint density at radius 1 is 1.02 bits per heavy atom. The number of anilines is 1. The van der Waals surface area contributed by atoms with Gasteiger partial charge in [-0.15, -0.1) is 0 Å². The van der Waals surface area contributed by atoms with Gasteiger partial charge >= 0.3 is 0 Å². The van der Waals surface area contributed by atoms with E-state index in [2.05, 4.69) is 26.3 Å². The molecule has 4 aliphatic rings. The van der Waals surface area contributed by atoms with E-state index in [0.29, 0.717) is 47.1 Å². The number of aryl methyl sites for hydroxylation is 2. The topological polar surface area (TPSA) is 121 Å².